The Labute approximate surface area is 153 Å². The standard InChI is InChI=1S/C21H21N3O2/c1-16(17-8-4-2-5-9-17)23-20-13-12-18(14-22-20)24-21(25)15-26-19-10-6-3-7-11-19/h2-14,16H,15H2,1H3,(H,22,23)(H,24,25). The molecule has 26 heavy (non-hydrogen) atoms. The maximum Gasteiger partial charge on any atom is 0.262 e. The zero-order chi connectivity index (χ0) is 18.2. The first-order valence-corrected chi connectivity index (χ1v) is 8.46. The van der Waals surface area contributed by atoms with Crippen molar-refractivity contribution < 1.29 is 9.53 Å². The molecular formula is C21H21N3O2. The summed E-state index contributed by atoms with van der Waals surface area (Å²) in [6.07, 6.45) is 1.63. The smallest absolute Gasteiger partial charge is 0.262 e. The van der Waals surface area contributed by atoms with Gasteiger partial charge in [-0.3, -0.25) is 4.79 Å². The summed E-state index contributed by atoms with van der Waals surface area (Å²) < 4.78 is 5.42. The van der Waals surface area contributed by atoms with Gasteiger partial charge in [-0.05, 0) is 36.8 Å². The topological polar surface area (TPSA) is 63.2 Å². The molecule has 1 atom stereocenters. The van der Waals surface area contributed by atoms with Gasteiger partial charge < -0.3 is 15.4 Å². The van der Waals surface area contributed by atoms with Crippen LogP contribution >= 0.6 is 0 Å². The summed E-state index contributed by atoms with van der Waals surface area (Å²) in [4.78, 5) is 16.3. The summed E-state index contributed by atoms with van der Waals surface area (Å²) >= 11 is 0. The zero-order valence-corrected chi connectivity index (χ0v) is 14.6. The van der Waals surface area contributed by atoms with Crippen LogP contribution in [0.3, 0.4) is 0 Å². The third-order valence-corrected chi connectivity index (χ3v) is 3.82. The molecule has 2 N–H and O–H groups in total. The molecule has 0 aliphatic rings. The second-order valence-corrected chi connectivity index (χ2v) is 5.86. The molecule has 0 aliphatic heterocycles. The Bertz CT molecular complexity index is 821. The Morgan fingerprint density at radius 1 is 1.00 bits per heavy atom. The Morgan fingerprint density at radius 2 is 1.69 bits per heavy atom. The molecule has 2 aromatic carbocycles. The van der Waals surface area contributed by atoms with Crippen molar-refractivity contribution >= 4 is 17.4 Å². The van der Waals surface area contributed by atoms with Crippen LogP contribution in [0.2, 0.25) is 0 Å². The van der Waals surface area contributed by atoms with Gasteiger partial charge in [-0.15, -0.1) is 0 Å². The number of aromatic nitrogens is 1. The molecule has 132 valence electrons. The number of nitrogens with one attached hydrogen (secondary N) is 2. The number of hydrogen-bond donors (Lipinski definition) is 2. The quantitative estimate of drug-likeness (QED) is 0.670. The lowest BCUT2D eigenvalue weighted by Gasteiger charge is -2.15. The van der Waals surface area contributed by atoms with E-state index in [1.54, 1.807) is 6.20 Å². The Morgan fingerprint density at radius 3 is 2.35 bits per heavy atom. The van der Waals surface area contributed by atoms with Gasteiger partial charge in [0, 0.05) is 6.04 Å². The van der Waals surface area contributed by atoms with Gasteiger partial charge in [0.1, 0.15) is 11.6 Å². The van der Waals surface area contributed by atoms with Gasteiger partial charge >= 0.3 is 0 Å². The summed E-state index contributed by atoms with van der Waals surface area (Å²) in [7, 11) is 0. The number of carbonyl (C=O) groups excluding carboxylic acids is 1. The van der Waals surface area contributed by atoms with Gasteiger partial charge in [0.05, 0.1) is 11.9 Å². The van der Waals surface area contributed by atoms with E-state index in [0.29, 0.717) is 11.4 Å². The second-order valence-electron chi connectivity index (χ2n) is 5.86. The maximum absolute atomic E-state index is 12.0. The minimum Gasteiger partial charge on any atom is -0.484 e. The average molecular weight is 347 g/mol. The van der Waals surface area contributed by atoms with E-state index < -0.39 is 0 Å². The van der Waals surface area contributed by atoms with E-state index in [-0.39, 0.29) is 18.6 Å². The van der Waals surface area contributed by atoms with Crippen molar-refractivity contribution in [2.24, 2.45) is 0 Å². The van der Waals surface area contributed by atoms with Crippen LogP contribution in [0.1, 0.15) is 18.5 Å². The van der Waals surface area contributed by atoms with Crippen LogP contribution in [0.5, 0.6) is 5.75 Å². The monoisotopic (exact) mass is 347 g/mol. The third kappa shape index (κ3) is 5.08. The van der Waals surface area contributed by atoms with Crippen molar-refractivity contribution in [1.29, 1.82) is 0 Å². The normalized spacial score (nSPS) is 11.4. The molecule has 0 spiro atoms. The van der Waals surface area contributed by atoms with Crippen molar-refractivity contribution in [2.75, 3.05) is 17.2 Å². The molecule has 0 saturated heterocycles. The highest BCUT2D eigenvalue weighted by Gasteiger charge is 2.07. The fourth-order valence-corrected chi connectivity index (χ4v) is 2.46. The largest absolute Gasteiger partial charge is 0.484 e. The highest BCUT2D eigenvalue weighted by molar-refractivity contribution is 5.91. The molecular weight excluding hydrogens is 326 g/mol. The first-order chi connectivity index (χ1) is 12.7. The van der Waals surface area contributed by atoms with Crippen LogP contribution in [-0.4, -0.2) is 17.5 Å². The number of anilines is 2. The predicted molar refractivity (Wildman–Crippen MR) is 103 cm³/mol. The van der Waals surface area contributed by atoms with Gasteiger partial charge in [0.15, 0.2) is 6.61 Å². The van der Waals surface area contributed by atoms with E-state index in [4.69, 9.17) is 4.74 Å². The van der Waals surface area contributed by atoms with E-state index in [1.807, 2.05) is 60.7 Å². The highest BCUT2D eigenvalue weighted by Crippen LogP contribution is 2.18. The summed E-state index contributed by atoms with van der Waals surface area (Å²) in [5.74, 6) is 1.18. The van der Waals surface area contributed by atoms with Gasteiger partial charge in [-0.25, -0.2) is 4.98 Å². The molecule has 1 heterocycles. The summed E-state index contributed by atoms with van der Waals surface area (Å²) in [6.45, 7) is 2.03. The first-order valence-electron chi connectivity index (χ1n) is 8.46. The molecule has 1 amide bonds. The number of carbonyl (C=O) groups is 1. The van der Waals surface area contributed by atoms with Gasteiger partial charge in [0.2, 0.25) is 0 Å². The number of hydrogen-bond acceptors (Lipinski definition) is 4. The van der Waals surface area contributed by atoms with Crippen molar-refractivity contribution in [3.05, 3.63) is 84.6 Å². The molecule has 0 radical (unpaired) electrons. The molecule has 0 aliphatic carbocycles. The van der Waals surface area contributed by atoms with E-state index in [0.717, 1.165) is 5.82 Å². The van der Waals surface area contributed by atoms with Crippen LogP contribution < -0.4 is 15.4 Å². The first kappa shape index (κ1) is 17.5. The number of ether oxygens (including phenoxy) is 1. The fourth-order valence-electron chi connectivity index (χ4n) is 2.46. The van der Waals surface area contributed by atoms with E-state index in [2.05, 4.69) is 34.7 Å². The van der Waals surface area contributed by atoms with Crippen LogP contribution in [-0.2, 0) is 4.79 Å². The molecule has 0 fully saturated rings. The summed E-state index contributed by atoms with van der Waals surface area (Å²) in [5.41, 5.74) is 1.81. The number of benzene rings is 2. The van der Waals surface area contributed by atoms with Crippen LogP contribution in [0.25, 0.3) is 0 Å². The van der Waals surface area contributed by atoms with E-state index >= 15 is 0 Å². The van der Waals surface area contributed by atoms with Crippen LogP contribution in [0, 0.1) is 0 Å². The maximum atomic E-state index is 12.0. The fraction of sp³-hybridized carbons (Fsp3) is 0.143. The number of rotatable bonds is 7. The lowest BCUT2D eigenvalue weighted by Crippen LogP contribution is -2.20. The van der Waals surface area contributed by atoms with Crippen molar-refractivity contribution in [3.63, 3.8) is 0 Å². The third-order valence-electron chi connectivity index (χ3n) is 3.82. The zero-order valence-electron chi connectivity index (χ0n) is 14.6. The van der Waals surface area contributed by atoms with Gasteiger partial charge in [0.25, 0.3) is 5.91 Å². The van der Waals surface area contributed by atoms with Crippen LogP contribution in [0.4, 0.5) is 11.5 Å². The predicted octanol–water partition coefficient (Wildman–Crippen LogP) is 4.27. The van der Waals surface area contributed by atoms with Crippen molar-refractivity contribution in [1.82, 2.24) is 4.98 Å². The minimum absolute atomic E-state index is 0.0466. The molecule has 1 unspecified atom stereocenters. The lowest BCUT2D eigenvalue weighted by atomic mass is 10.1. The molecule has 3 rings (SSSR count). The Hall–Kier alpha value is -3.34. The molecule has 0 bridgehead atoms. The van der Waals surface area contributed by atoms with Crippen molar-refractivity contribution in [2.45, 2.75) is 13.0 Å². The van der Waals surface area contributed by atoms with E-state index in [9.17, 15) is 4.79 Å². The van der Waals surface area contributed by atoms with Gasteiger partial charge in [-0.2, -0.15) is 0 Å². The Kier molecular flexibility index (Phi) is 5.83. The number of nitrogens with zero attached hydrogens (tertiary/aromatic N) is 1. The molecule has 1 aromatic heterocycles. The highest BCUT2D eigenvalue weighted by atomic mass is 16.5. The summed E-state index contributed by atoms with van der Waals surface area (Å²) in [5, 5.41) is 6.11. The average Bonchev–Trinajstić information content (AvgIpc) is 2.69. The molecule has 0 saturated carbocycles. The van der Waals surface area contributed by atoms with Crippen LogP contribution in [0.15, 0.2) is 79.0 Å². The number of pyridine rings is 1. The second kappa shape index (κ2) is 8.67. The Balaban J connectivity index is 1.50. The lowest BCUT2D eigenvalue weighted by molar-refractivity contribution is -0.118. The summed E-state index contributed by atoms with van der Waals surface area (Å²) in [6, 6.07) is 23.2. The molecule has 5 nitrogen and oxygen atoms in total. The molecule has 3 aromatic rings. The van der Waals surface area contributed by atoms with E-state index in [1.165, 1.54) is 5.56 Å². The molecule has 5 heteroatoms. The number of amides is 1. The number of para-hydroxylation sites is 1. The van der Waals surface area contributed by atoms with Gasteiger partial charge in [-0.1, -0.05) is 48.5 Å². The minimum atomic E-state index is -0.228. The SMILES string of the molecule is CC(Nc1ccc(NC(=O)COc2ccccc2)cn1)c1ccccc1. The van der Waals surface area contributed by atoms with Crippen molar-refractivity contribution in [3.8, 4) is 5.75 Å².